The zero-order valence-corrected chi connectivity index (χ0v) is 28.7. The molecule has 0 unspecified atom stereocenters. The SMILES string of the molecule is CCCCN(CCCC)c1ccc2c(c1)oc1c3oc(-c4ccc(C(=O)O)cc4)nc3c3c(c4ccccc4n3CCCCCCC(=O)O)c21. The van der Waals surface area contributed by atoms with E-state index >= 15 is 0 Å². The van der Waals surface area contributed by atoms with E-state index in [2.05, 4.69) is 65.8 Å². The number of rotatable bonds is 16. The summed E-state index contributed by atoms with van der Waals surface area (Å²) in [6.45, 7) is 7.16. The molecule has 4 aromatic carbocycles. The third-order valence-corrected chi connectivity index (χ3v) is 9.78. The average molecular weight is 674 g/mol. The molecule has 0 aliphatic carbocycles. The maximum absolute atomic E-state index is 11.6. The van der Waals surface area contributed by atoms with E-state index < -0.39 is 11.9 Å². The number of para-hydroxylation sites is 1. The van der Waals surface area contributed by atoms with Gasteiger partial charge in [0.15, 0.2) is 5.58 Å². The molecular weight excluding hydrogens is 630 g/mol. The van der Waals surface area contributed by atoms with Crippen LogP contribution < -0.4 is 4.90 Å². The lowest BCUT2D eigenvalue weighted by atomic mass is 10.0. The second-order valence-corrected chi connectivity index (χ2v) is 13.2. The Morgan fingerprint density at radius 3 is 2.24 bits per heavy atom. The molecule has 9 heteroatoms. The van der Waals surface area contributed by atoms with Gasteiger partial charge >= 0.3 is 11.9 Å². The Balaban J connectivity index is 1.45. The summed E-state index contributed by atoms with van der Waals surface area (Å²) in [6.07, 6.45) is 8.01. The van der Waals surface area contributed by atoms with E-state index in [9.17, 15) is 14.7 Å². The normalized spacial score (nSPS) is 11.9. The Morgan fingerprint density at radius 1 is 0.780 bits per heavy atom. The number of furan rings is 1. The Hall–Kier alpha value is -5.31. The molecule has 0 spiro atoms. The maximum Gasteiger partial charge on any atom is 0.335 e. The van der Waals surface area contributed by atoms with Gasteiger partial charge in [-0.2, -0.15) is 0 Å². The van der Waals surface area contributed by atoms with Gasteiger partial charge in [-0.1, -0.05) is 57.7 Å². The number of carboxylic acids is 2. The fraction of sp³-hybridized carbons (Fsp3) is 0.341. The molecule has 258 valence electrons. The summed E-state index contributed by atoms with van der Waals surface area (Å²) in [4.78, 5) is 30.1. The van der Waals surface area contributed by atoms with Crippen molar-refractivity contribution in [3.8, 4) is 11.5 Å². The minimum absolute atomic E-state index is 0.188. The van der Waals surface area contributed by atoms with Crippen molar-refractivity contribution in [3.05, 3.63) is 72.3 Å². The zero-order chi connectivity index (χ0) is 34.8. The predicted molar refractivity (Wildman–Crippen MR) is 199 cm³/mol. The molecule has 0 amide bonds. The molecule has 7 aromatic rings. The first-order valence-corrected chi connectivity index (χ1v) is 17.9. The van der Waals surface area contributed by atoms with E-state index in [0.717, 1.165) is 108 Å². The number of aromatic nitrogens is 2. The number of hydrogen-bond donors (Lipinski definition) is 2. The van der Waals surface area contributed by atoms with Gasteiger partial charge in [-0.25, -0.2) is 9.78 Å². The number of aromatic carboxylic acids is 1. The van der Waals surface area contributed by atoms with Crippen LogP contribution in [-0.4, -0.2) is 44.8 Å². The molecule has 7 rings (SSSR count). The molecule has 0 fully saturated rings. The Morgan fingerprint density at radius 2 is 1.52 bits per heavy atom. The number of aryl methyl sites for hydroxylation is 1. The standard InChI is InChI=1S/C41H43N3O6/c1-3-5-22-43(23-6-4-2)28-20-21-30-32(25-28)49-38-35(30)34-29-13-10-11-14-31(29)44(24-12-8-7-9-15-33(45)46)37(34)36-39(38)50-40(42-36)26-16-18-27(19-17-26)41(47)48/h10-11,13-14,16-21,25H,3-9,12,15,22-24H2,1-2H3,(H,45,46)(H,47,48). The zero-order valence-electron chi connectivity index (χ0n) is 28.7. The van der Waals surface area contributed by atoms with Crippen LogP contribution in [0.4, 0.5) is 5.69 Å². The monoisotopic (exact) mass is 673 g/mol. The van der Waals surface area contributed by atoms with Crippen LogP contribution in [0.5, 0.6) is 0 Å². The second-order valence-electron chi connectivity index (χ2n) is 13.2. The fourth-order valence-electron chi connectivity index (χ4n) is 7.21. The van der Waals surface area contributed by atoms with Gasteiger partial charge in [-0.05, 0) is 68.1 Å². The quantitative estimate of drug-likeness (QED) is 0.0972. The first-order chi connectivity index (χ1) is 24.4. The highest BCUT2D eigenvalue weighted by molar-refractivity contribution is 6.34. The minimum Gasteiger partial charge on any atom is -0.481 e. The van der Waals surface area contributed by atoms with Gasteiger partial charge < -0.3 is 28.5 Å². The number of carbonyl (C=O) groups is 2. The van der Waals surface area contributed by atoms with Crippen LogP contribution in [0.3, 0.4) is 0 Å². The van der Waals surface area contributed by atoms with Crippen LogP contribution in [0.1, 0.15) is 82.0 Å². The van der Waals surface area contributed by atoms with Crippen molar-refractivity contribution in [2.75, 3.05) is 18.0 Å². The first-order valence-electron chi connectivity index (χ1n) is 17.9. The summed E-state index contributed by atoms with van der Waals surface area (Å²) >= 11 is 0. The van der Waals surface area contributed by atoms with Gasteiger partial charge in [0, 0.05) is 70.4 Å². The van der Waals surface area contributed by atoms with Crippen LogP contribution in [0.15, 0.2) is 75.6 Å². The number of aliphatic carboxylic acids is 1. The molecule has 2 N–H and O–H groups in total. The van der Waals surface area contributed by atoms with Crippen LogP contribution in [0.2, 0.25) is 0 Å². The molecule has 3 aromatic heterocycles. The van der Waals surface area contributed by atoms with Crippen LogP contribution in [0.25, 0.3) is 66.3 Å². The smallest absolute Gasteiger partial charge is 0.335 e. The van der Waals surface area contributed by atoms with E-state index in [0.29, 0.717) is 34.6 Å². The molecule has 9 nitrogen and oxygen atoms in total. The Labute approximate surface area is 290 Å². The number of carboxylic acid groups (broad SMARTS) is 2. The van der Waals surface area contributed by atoms with Crippen molar-refractivity contribution in [1.82, 2.24) is 9.55 Å². The highest BCUT2D eigenvalue weighted by atomic mass is 16.4. The molecule has 50 heavy (non-hydrogen) atoms. The molecule has 0 saturated carbocycles. The molecule has 3 heterocycles. The summed E-state index contributed by atoms with van der Waals surface area (Å²) in [5.41, 5.74) is 6.76. The molecular formula is C41H43N3O6. The fourth-order valence-corrected chi connectivity index (χ4v) is 7.21. The van der Waals surface area contributed by atoms with Crippen molar-refractivity contribution < 1.29 is 28.6 Å². The predicted octanol–water partition coefficient (Wildman–Crippen LogP) is 10.6. The summed E-state index contributed by atoms with van der Waals surface area (Å²) in [5.74, 6) is -1.36. The lowest BCUT2D eigenvalue weighted by molar-refractivity contribution is -0.137. The van der Waals surface area contributed by atoms with Gasteiger partial charge in [-0.15, -0.1) is 0 Å². The number of benzene rings is 4. The maximum atomic E-state index is 11.6. The highest BCUT2D eigenvalue weighted by Gasteiger charge is 2.26. The molecule has 0 radical (unpaired) electrons. The molecule has 0 atom stereocenters. The van der Waals surface area contributed by atoms with Gasteiger partial charge in [0.25, 0.3) is 0 Å². The van der Waals surface area contributed by atoms with Crippen molar-refractivity contribution in [1.29, 1.82) is 0 Å². The van der Waals surface area contributed by atoms with Crippen LogP contribution in [0, 0.1) is 0 Å². The van der Waals surface area contributed by atoms with E-state index in [4.69, 9.17) is 18.9 Å². The number of nitrogens with zero attached hydrogens (tertiary/aromatic N) is 3. The molecule has 0 aliphatic heterocycles. The largest absolute Gasteiger partial charge is 0.481 e. The molecule has 0 saturated heterocycles. The third-order valence-electron chi connectivity index (χ3n) is 9.78. The van der Waals surface area contributed by atoms with Gasteiger partial charge in [-0.3, -0.25) is 4.79 Å². The first kappa shape index (κ1) is 33.2. The second kappa shape index (κ2) is 14.3. The van der Waals surface area contributed by atoms with Crippen LogP contribution >= 0.6 is 0 Å². The summed E-state index contributed by atoms with van der Waals surface area (Å²) in [5, 5.41) is 22.7. The summed E-state index contributed by atoms with van der Waals surface area (Å²) in [7, 11) is 0. The minimum atomic E-state index is -0.991. The van der Waals surface area contributed by atoms with E-state index in [1.54, 1.807) is 24.3 Å². The van der Waals surface area contributed by atoms with Gasteiger partial charge in [0.05, 0.1) is 11.1 Å². The Kier molecular flexibility index (Phi) is 9.48. The number of oxazole rings is 1. The third kappa shape index (κ3) is 6.17. The number of fused-ring (bicyclic) bond motifs is 10. The van der Waals surface area contributed by atoms with Crippen molar-refractivity contribution >= 4 is 72.5 Å². The number of unbranched alkanes of at least 4 members (excludes halogenated alkanes) is 5. The molecule has 0 bridgehead atoms. The van der Waals surface area contributed by atoms with E-state index in [-0.39, 0.29) is 12.0 Å². The average Bonchev–Trinajstić information content (AvgIpc) is 3.82. The highest BCUT2D eigenvalue weighted by Crippen LogP contribution is 2.46. The number of anilines is 1. The summed E-state index contributed by atoms with van der Waals surface area (Å²) < 4.78 is 15.7. The van der Waals surface area contributed by atoms with Gasteiger partial charge in [0.1, 0.15) is 11.1 Å². The van der Waals surface area contributed by atoms with Crippen molar-refractivity contribution in [2.45, 2.75) is 78.2 Å². The van der Waals surface area contributed by atoms with Crippen molar-refractivity contribution in [2.24, 2.45) is 0 Å². The Bertz CT molecular complexity index is 2320. The van der Waals surface area contributed by atoms with Crippen LogP contribution in [-0.2, 0) is 11.3 Å². The lowest BCUT2D eigenvalue weighted by Crippen LogP contribution is -2.25. The van der Waals surface area contributed by atoms with Crippen molar-refractivity contribution in [3.63, 3.8) is 0 Å². The van der Waals surface area contributed by atoms with E-state index in [1.807, 2.05) is 0 Å². The summed E-state index contributed by atoms with van der Waals surface area (Å²) in [6, 6.07) is 21.5. The lowest BCUT2D eigenvalue weighted by Gasteiger charge is -2.24. The topological polar surface area (TPSA) is 122 Å². The van der Waals surface area contributed by atoms with Gasteiger partial charge in [0.2, 0.25) is 11.5 Å². The van der Waals surface area contributed by atoms with E-state index in [1.165, 1.54) is 0 Å². The number of hydrogen-bond acceptors (Lipinski definition) is 6. The molecule has 0 aliphatic rings.